The van der Waals surface area contributed by atoms with E-state index in [1.54, 1.807) is 6.07 Å². The zero-order valence-electron chi connectivity index (χ0n) is 11.2. The predicted octanol–water partition coefficient (Wildman–Crippen LogP) is 4.67. The number of halogens is 3. The van der Waals surface area contributed by atoms with Crippen molar-refractivity contribution in [2.75, 3.05) is 0 Å². The average Bonchev–Trinajstić information content (AvgIpc) is 2.69. The Morgan fingerprint density at radius 2 is 2.10 bits per heavy atom. The van der Waals surface area contributed by atoms with Gasteiger partial charge in [0.2, 0.25) is 0 Å². The van der Waals surface area contributed by atoms with E-state index < -0.39 is 6.10 Å². The molecule has 0 aliphatic rings. The van der Waals surface area contributed by atoms with E-state index >= 15 is 0 Å². The maximum absolute atomic E-state index is 10.4. The molecular weight excluding hydrogens is 407 g/mol. The molecule has 0 bridgehead atoms. The van der Waals surface area contributed by atoms with Crippen LogP contribution in [0.3, 0.4) is 0 Å². The summed E-state index contributed by atoms with van der Waals surface area (Å²) in [6.07, 6.45) is -0.119. The molecule has 1 N–H and O–H groups in total. The molecule has 1 aromatic heterocycles. The molecule has 20 heavy (non-hydrogen) atoms. The summed E-state index contributed by atoms with van der Waals surface area (Å²) in [5.74, 6) is 0. The number of nitrogens with zero attached hydrogens (tertiary/aromatic N) is 2. The first-order valence-electron chi connectivity index (χ1n) is 6.28. The lowest BCUT2D eigenvalue weighted by Gasteiger charge is -2.13. The number of hydrogen-bond acceptors (Lipinski definition) is 2. The fourth-order valence-electron chi connectivity index (χ4n) is 2.08. The number of aromatic nitrogens is 2. The Morgan fingerprint density at radius 1 is 1.40 bits per heavy atom. The Bertz CT molecular complexity index is 628. The van der Waals surface area contributed by atoms with Gasteiger partial charge in [-0.2, -0.15) is 5.10 Å². The first-order chi connectivity index (χ1) is 9.43. The zero-order valence-corrected chi connectivity index (χ0v) is 15.1. The van der Waals surface area contributed by atoms with Crippen LogP contribution in [-0.4, -0.2) is 14.9 Å². The van der Waals surface area contributed by atoms with E-state index in [1.807, 2.05) is 30.7 Å². The van der Waals surface area contributed by atoms with Gasteiger partial charge in [-0.05, 0) is 63.4 Å². The van der Waals surface area contributed by atoms with Gasteiger partial charge in [0, 0.05) is 17.4 Å². The fourth-order valence-corrected chi connectivity index (χ4v) is 2.97. The molecule has 1 unspecified atom stereocenters. The van der Waals surface area contributed by atoms with E-state index in [4.69, 9.17) is 11.6 Å². The zero-order chi connectivity index (χ0) is 14.9. The van der Waals surface area contributed by atoms with Crippen molar-refractivity contribution in [3.8, 4) is 0 Å². The summed E-state index contributed by atoms with van der Waals surface area (Å²) in [6, 6.07) is 5.50. The van der Waals surface area contributed by atoms with E-state index in [9.17, 15) is 5.11 Å². The maximum atomic E-state index is 10.4. The number of aliphatic hydroxyl groups is 1. The lowest BCUT2D eigenvalue weighted by Crippen LogP contribution is -2.09. The number of aliphatic hydroxyl groups excluding tert-OH is 1. The highest BCUT2D eigenvalue weighted by atomic mass is 79.9. The molecule has 1 heterocycles. The Kier molecular flexibility index (Phi) is 5.29. The summed E-state index contributed by atoms with van der Waals surface area (Å²) < 4.78 is 3.69. The van der Waals surface area contributed by atoms with Gasteiger partial charge >= 0.3 is 0 Å². The summed E-state index contributed by atoms with van der Waals surface area (Å²) in [5.41, 5.74) is 2.73. The SMILES string of the molecule is CCn1nc(C)c(Br)c1CC(O)c1ccc(Br)c(Cl)c1. The van der Waals surface area contributed by atoms with Gasteiger partial charge < -0.3 is 5.11 Å². The first-order valence-corrected chi connectivity index (χ1v) is 8.25. The molecule has 6 heteroatoms. The number of hydrogen-bond donors (Lipinski definition) is 1. The van der Waals surface area contributed by atoms with Crippen LogP contribution in [0.4, 0.5) is 0 Å². The van der Waals surface area contributed by atoms with Crippen molar-refractivity contribution in [3.63, 3.8) is 0 Å². The molecule has 0 spiro atoms. The normalized spacial score (nSPS) is 12.7. The molecule has 0 saturated heterocycles. The molecule has 0 amide bonds. The van der Waals surface area contributed by atoms with E-state index in [2.05, 4.69) is 37.0 Å². The van der Waals surface area contributed by atoms with Gasteiger partial charge in [0.25, 0.3) is 0 Å². The minimum absolute atomic E-state index is 0.493. The van der Waals surface area contributed by atoms with Crippen LogP contribution in [0.25, 0.3) is 0 Å². The van der Waals surface area contributed by atoms with E-state index in [0.717, 1.165) is 32.4 Å². The molecule has 3 nitrogen and oxygen atoms in total. The summed E-state index contributed by atoms with van der Waals surface area (Å²) >= 11 is 13.0. The summed E-state index contributed by atoms with van der Waals surface area (Å²) in [4.78, 5) is 0. The Balaban J connectivity index is 2.27. The highest BCUT2D eigenvalue weighted by Gasteiger charge is 2.17. The molecule has 0 fully saturated rings. The number of aryl methyl sites for hydroxylation is 2. The quantitative estimate of drug-likeness (QED) is 0.778. The second-order valence-corrected chi connectivity index (χ2v) is 6.61. The van der Waals surface area contributed by atoms with Gasteiger partial charge in [-0.3, -0.25) is 4.68 Å². The molecule has 0 aliphatic heterocycles. The summed E-state index contributed by atoms with van der Waals surface area (Å²) in [7, 11) is 0. The monoisotopic (exact) mass is 420 g/mol. The second kappa shape index (κ2) is 6.60. The molecule has 1 aromatic carbocycles. The summed E-state index contributed by atoms with van der Waals surface area (Å²) in [5, 5.41) is 15.4. The summed E-state index contributed by atoms with van der Waals surface area (Å²) in [6.45, 7) is 4.75. The van der Waals surface area contributed by atoms with Gasteiger partial charge in [-0.15, -0.1) is 0 Å². The molecule has 108 valence electrons. The van der Waals surface area contributed by atoms with Crippen LogP contribution >= 0.6 is 43.5 Å². The number of rotatable bonds is 4. The largest absolute Gasteiger partial charge is 0.388 e. The van der Waals surface area contributed by atoms with E-state index in [1.165, 1.54) is 0 Å². The average molecular weight is 423 g/mol. The predicted molar refractivity (Wildman–Crippen MR) is 88.2 cm³/mol. The molecule has 0 saturated carbocycles. The van der Waals surface area contributed by atoms with Crippen molar-refractivity contribution in [2.45, 2.75) is 32.9 Å². The van der Waals surface area contributed by atoms with Gasteiger partial charge in [-0.25, -0.2) is 0 Å². The molecule has 2 rings (SSSR count). The van der Waals surface area contributed by atoms with Crippen molar-refractivity contribution in [2.24, 2.45) is 0 Å². The Morgan fingerprint density at radius 3 is 2.70 bits per heavy atom. The van der Waals surface area contributed by atoms with E-state index in [-0.39, 0.29) is 0 Å². The Labute approximate surface area is 140 Å². The molecule has 0 aliphatic carbocycles. The third-order valence-electron chi connectivity index (χ3n) is 3.17. The van der Waals surface area contributed by atoms with Crippen LogP contribution in [0.2, 0.25) is 5.02 Å². The smallest absolute Gasteiger partial charge is 0.0846 e. The van der Waals surface area contributed by atoms with Crippen molar-refractivity contribution < 1.29 is 5.11 Å². The van der Waals surface area contributed by atoms with Crippen LogP contribution in [0.15, 0.2) is 27.1 Å². The van der Waals surface area contributed by atoms with Gasteiger partial charge in [0.05, 0.1) is 27.0 Å². The molecule has 0 radical (unpaired) electrons. The number of benzene rings is 1. The van der Waals surface area contributed by atoms with Crippen molar-refractivity contribution in [1.29, 1.82) is 0 Å². The van der Waals surface area contributed by atoms with Crippen molar-refractivity contribution in [3.05, 3.63) is 49.1 Å². The minimum Gasteiger partial charge on any atom is -0.388 e. The van der Waals surface area contributed by atoms with Gasteiger partial charge in [-0.1, -0.05) is 17.7 Å². The highest BCUT2D eigenvalue weighted by Crippen LogP contribution is 2.30. The van der Waals surface area contributed by atoms with Crippen LogP contribution in [0.1, 0.15) is 30.0 Å². The molecule has 2 aromatic rings. The molecular formula is C14H15Br2ClN2O. The van der Waals surface area contributed by atoms with Crippen LogP contribution in [0.5, 0.6) is 0 Å². The van der Waals surface area contributed by atoms with Crippen molar-refractivity contribution in [1.82, 2.24) is 9.78 Å². The van der Waals surface area contributed by atoms with Crippen LogP contribution < -0.4 is 0 Å². The fraction of sp³-hybridized carbons (Fsp3) is 0.357. The standard InChI is InChI=1S/C14H15Br2ClN2O/c1-3-19-12(14(16)8(2)18-19)7-13(20)9-4-5-10(15)11(17)6-9/h4-6,13,20H,3,7H2,1-2H3. The lowest BCUT2D eigenvalue weighted by molar-refractivity contribution is 0.175. The topological polar surface area (TPSA) is 38.0 Å². The van der Waals surface area contributed by atoms with Gasteiger partial charge in [0.15, 0.2) is 0 Å². The minimum atomic E-state index is -0.613. The molecule has 1 atom stereocenters. The van der Waals surface area contributed by atoms with Crippen LogP contribution in [0, 0.1) is 6.92 Å². The first kappa shape index (κ1) is 16.0. The third-order valence-corrected chi connectivity index (χ3v) is 5.43. The van der Waals surface area contributed by atoms with Crippen molar-refractivity contribution >= 4 is 43.5 Å². The highest BCUT2D eigenvalue weighted by molar-refractivity contribution is 9.10. The van der Waals surface area contributed by atoms with Gasteiger partial charge in [0.1, 0.15) is 0 Å². The second-order valence-electron chi connectivity index (χ2n) is 4.56. The van der Waals surface area contributed by atoms with E-state index in [0.29, 0.717) is 11.4 Å². The Hall–Kier alpha value is -0.360. The lowest BCUT2D eigenvalue weighted by atomic mass is 10.0. The van der Waals surface area contributed by atoms with Crippen LogP contribution in [-0.2, 0) is 13.0 Å². The third kappa shape index (κ3) is 3.27. The maximum Gasteiger partial charge on any atom is 0.0846 e.